The maximum atomic E-state index is 11.4. The van der Waals surface area contributed by atoms with Gasteiger partial charge in [0.05, 0.1) is 6.20 Å². The summed E-state index contributed by atoms with van der Waals surface area (Å²) in [4.78, 5) is 11.4. The van der Waals surface area contributed by atoms with Gasteiger partial charge in [-0.05, 0) is 25.8 Å². The molecule has 0 bridgehead atoms. The van der Waals surface area contributed by atoms with Gasteiger partial charge in [-0.3, -0.25) is 9.48 Å². The van der Waals surface area contributed by atoms with Crippen LogP contribution in [-0.4, -0.2) is 28.3 Å². The lowest BCUT2D eigenvalue weighted by atomic mass is 10.3. The fourth-order valence-corrected chi connectivity index (χ4v) is 1.70. The van der Waals surface area contributed by atoms with Crippen molar-refractivity contribution in [1.29, 1.82) is 0 Å². The highest BCUT2D eigenvalue weighted by Crippen LogP contribution is 2.18. The number of carbonyl (C=O) groups excluding carboxylic acids is 1. The summed E-state index contributed by atoms with van der Waals surface area (Å²) in [5, 5.41) is 10.4. The quantitative estimate of drug-likeness (QED) is 0.680. The van der Waals surface area contributed by atoms with Crippen LogP contribution in [0.5, 0.6) is 0 Å². The van der Waals surface area contributed by atoms with E-state index in [2.05, 4.69) is 15.7 Å². The molecule has 1 saturated carbocycles. The molecule has 5 heteroatoms. The van der Waals surface area contributed by atoms with Gasteiger partial charge < -0.3 is 10.6 Å². The SMILES string of the molecule is Cn1cc(CNCCCC(=O)NC2CC2)cn1. The van der Waals surface area contributed by atoms with Crippen LogP contribution in [0.3, 0.4) is 0 Å². The molecule has 0 unspecified atom stereocenters. The standard InChI is InChI=1S/C12H20N4O/c1-16-9-10(8-14-16)7-13-6-2-3-12(17)15-11-4-5-11/h8-9,11,13H,2-7H2,1H3,(H,15,17). The Balaban J connectivity index is 1.49. The molecule has 1 fully saturated rings. The number of nitrogens with zero attached hydrogens (tertiary/aromatic N) is 2. The smallest absolute Gasteiger partial charge is 0.220 e. The molecule has 1 aromatic rings. The van der Waals surface area contributed by atoms with Crippen LogP contribution in [0.4, 0.5) is 0 Å². The number of rotatable bonds is 7. The lowest BCUT2D eigenvalue weighted by molar-refractivity contribution is -0.121. The van der Waals surface area contributed by atoms with Crippen molar-refractivity contribution >= 4 is 5.91 Å². The number of carbonyl (C=O) groups is 1. The van der Waals surface area contributed by atoms with Crippen LogP contribution in [0.2, 0.25) is 0 Å². The molecule has 5 nitrogen and oxygen atoms in total. The van der Waals surface area contributed by atoms with Crippen molar-refractivity contribution in [3.8, 4) is 0 Å². The van der Waals surface area contributed by atoms with Gasteiger partial charge in [0.25, 0.3) is 0 Å². The fourth-order valence-electron chi connectivity index (χ4n) is 1.70. The predicted octanol–water partition coefficient (Wildman–Crippen LogP) is 0.568. The van der Waals surface area contributed by atoms with Crippen LogP contribution in [0.15, 0.2) is 12.4 Å². The van der Waals surface area contributed by atoms with Crippen LogP contribution < -0.4 is 10.6 Å². The first kappa shape index (κ1) is 12.1. The lowest BCUT2D eigenvalue weighted by Crippen LogP contribution is -2.26. The van der Waals surface area contributed by atoms with Gasteiger partial charge in [-0.2, -0.15) is 5.10 Å². The van der Waals surface area contributed by atoms with Crippen LogP contribution in [0.1, 0.15) is 31.2 Å². The molecule has 0 atom stereocenters. The maximum absolute atomic E-state index is 11.4. The number of nitrogens with one attached hydrogen (secondary N) is 2. The van der Waals surface area contributed by atoms with E-state index in [9.17, 15) is 4.79 Å². The number of hydrogen-bond acceptors (Lipinski definition) is 3. The van der Waals surface area contributed by atoms with E-state index in [0.717, 1.165) is 32.4 Å². The second-order valence-electron chi connectivity index (χ2n) is 4.64. The minimum atomic E-state index is 0.190. The van der Waals surface area contributed by atoms with Crippen LogP contribution in [-0.2, 0) is 18.4 Å². The zero-order chi connectivity index (χ0) is 12.1. The van der Waals surface area contributed by atoms with Crippen molar-refractivity contribution in [2.45, 2.75) is 38.3 Å². The average Bonchev–Trinajstić information content (AvgIpc) is 3.00. The summed E-state index contributed by atoms with van der Waals surface area (Å²) in [6.07, 6.45) is 7.67. The molecular formula is C12H20N4O. The first-order valence-electron chi connectivity index (χ1n) is 6.21. The van der Waals surface area contributed by atoms with Gasteiger partial charge >= 0.3 is 0 Å². The molecule has 0 aliphatic heterocycles. The first-order chi connectivity index (χ1) is 8.24. The number of aromatic nitrogens is 2. The Kier molecular flexibility index (Phi) is 4.14. The fraction of sp³-hybridized carbons (Fsp3) is 0.667. The molecule has 1 amide bonds. The minimum absolute atomic E-state index is 0.190. The average molecular weight is 236 g/mol. The summed E-state index contributed by atoms with van der Waals surface area (Å²) in [5.41, 5.74) is 1.18. The van der Waals surface area contributed by atoms with E-state index in [1.807, 2.05) is 19.4 Å². The molecule has 0 aromatic carbocycles. The Morgan fingerprint density at radius 1 is 1.59 bits per heavy atom. The van der Waals surface area contributed by atoms with Crippen molar-refractivity contribution in [3.63, 3.8) is 0 Å². The van der Waals surface area contributed by atoms with E-state index in [1.54, 1.807) is 4.68 Å². The molecule has 1 aromatic heterocycles. The minimum Gasteiger partial charge on any atom is -0.353 e. The van der Waals surface area contributed by atoms with Gasteiger partial charge in [-0.1, -0.05) is 0 Å². The maximum Gasteiger partial charge on any atom is 0.220 e. The molecule has 0 radical (unpaired) electrons. The van der Waals surface area contributed by atoms with E-state index >= 15 is 0 Å². The zero-order valence-corrected chi connectivity index (χ0v) is 10.3. The van der Waals surface area contributed by atoms with Crippen LogP contribution in [0, 0.1) is 0 Å². The molecular weight excluding hydrogens is 216 g/mol. The van der Waals surface area contributed by atoms with Crippen molar-refractivity contribution in [3.05, 3.63) is 18.0 Å². The highest BCUT2D eigenvalue weighted by Gasteiger charge is 2.22. The van der Waals surface area contributed by atoms with Gasteiger partial charge in [0.15, 0.2) is 0 Å². The highest BCUT2D eigenvalue weighted by atomic mass is 16.1. The lowest BCUT2D eigenvalue weighted by Gasteiger charge is -2.04. The summed E-state index contributed by atoms with van der Waals surface area (Å²) in [6.45, 7) is 1.69. The van der Waals surface area contributed by atoms with E-state index < -0.39 is 0 Å². The van der Waals surface area contributed by atoms with E-state index in [1.165, 1.54) is 5.56 Å². The summed E-state index contributed by atoms with van der Waals surface area (Å²) in [6, 6.07) is 0.478. The Bertz CT molecular complexity index is 370. The van der Waals surface area contributed by atoms with Crippen molar-refractivity contribution < 1.29 is 4.79 Å². The third-order valence-electron chi connectivity index (χ3n) is 2.79. The summed E-state index contributed by atoms with van der Waals surface area (Å²) >= 11 is 0. The Hall–Kier alpha value is -1.36. The van der Waals surface area contributed by atoms with Crippen molar-refractivity contribution in [2.75, 3.05) is 6.54 Å². The van der Waals surface area contributed by atoms with Gasteiger partial charge in [0, 0.05) is 37.8 Å². The first-order valence-corrected chi connectivity index (χ1v) is 6.21. The zero-order valence-electron chi connectivity index (χ0n) is 10.3. The number of hydrogen-bond donors (Lipinski definition) is 2. The second-order valence-corrected chi connectivity index (χ2v) is 4.64. The predicted molar refractivity (Wildman–Crippen MR) is 65.3 cm³/mol. The monoisotopic (exact) mass is 236 g/mol. The molecule has 2 rings (SSSR count). The molecule has 0 spiro atoms. The summed E-state index contributed by atoms with van der Waals surface area (Å²) < 4.78 is 1.79. The van der Waals surface area contributed by atoms with E-state index in [0.29, 0.717) is 12.5 Å². The Labute approximate surface area is 102 Å². The number of aryl methyl sites for hydroxylation is 1. The molecule has 1 aliphatic rings. The van der Waals surface area contributed by atoms with Crippen molar-refractivity contribution in [2.24, 2.45) is 7.05 Å². The van der Waals surface area contributed by atoms with Gasteiger partial charge in [-0.25, -0.2) is 0 Å². The molecule has 94 valence electrons. The molecule has 1 aliphatic carbocycles. The van der Waals surface area contributed by atoms with Gasteiger partial charge in [-0.15, -0.1) is 0 Å². The summed E-state index contributed by atoms with van der Waals surface area (Å²) in [7, 11) is 1.91. The Morgan fingerprint density at radius 3 is 3.06 bits per heavy atom. The molecule has 17 heavy (non-hydrogen) atoms. The summed E-state index contributed by atoms with van der Waals surface area (Å²) in [5.74, 6) is 0.190. The Morgan fingerprint density at radius 2 is 2.41 bits per heavy atom. The molecule has 2 N–H and O–H groups in total. The van der Waals surface area contributed by atoms with Gasteiger partial charge in [0.2, 0.25) is 5.91 Å². The van der Waals surface area contributed by atoms with Gasteiger partial charge in [0.1, 0.15) is 0 Å². The third-order valence-corrected chi connectivity index (χ3v) is 2.79. The highest BCUT2D eigenvalue weighted by molar-refractivity contribution is 5.76. The second kappa shape index (κ2) is 5.82. The topological polar surface area (TPSA) is 59.0 Å². The third kappa shape index (κ3) is 4.56. The van der Waals surface area contributed by atoms with Crippen LogP contribution >= 0.6 is 0 Å². The van der Waals surface area contributed by atoms with E-state index in [-0.39, 0.29) is 5.91 Å². The molecule has 1 heterocycles. The normalized spacial score (nSPS) is 14.9. The number of amides is 1. The van der Waals surface area contributed by atoms with E-state index in [4.69, 9.17) is 0 Å². The van der Waals surface area contributed by atoms with Crippen LogP contribution in [0.25, 0.3) is 0 Å². The molecule has 0 saturated heterocycles. The van der Waals surface area contributed by atoms with Crippen molar-refractivity contribution in [1.82, 2.24) is 20.4 Å². The largest absolute Gasteiger partial charge is 0.353 e.